The van der Waals surface area contributed by atoms with E-state index in [1.54, 1.807) is 0 Å². The maximum absolute atomic E-state index is 12.0. The van der Waals surface area contributed by atoms with E-state index in [0.29, 0.717) is 13.1 Å². The third-order valence-electron chi connectivity index (χ3n) is 5.81. The van der Waals surface area contributed by atoms with Crippen LogP contribution in [0, 0.1) is 0 Å². The van der Waals surface area contributed by atoms with Crippen LogP contribution in [-0.4, -0.2) is 17.1 Å². The molecule has 1 amide bonds. The Morgan fingerprint density at radius 1 is 0.833 bits per heavy atom. The highest BCUT2D eigenvalue weighted by Gasteiger charge is 2.10. The van der Waals surface area contributed by atoms with Gasteiger partial charge in [0, 0.05) is 13.1 Å². The third-order valence-corrected chi connectivity index (χ3v) is 5.81. The first kappa shape index (κ1) is 26.6. The van der Waals surface area contributed by atoms with E-state index in [4.69, 9.17) is 5.73 Å². The predicted molar refractivity (Wildman–Crippen MR) is 127 cm³/mol. The summed E-state index contributed by atoms with van der Waals surface area (Å²) in [5, 5.41) is 13.0. The van der Waals surface area contributed by atoms with Gasteiger partial charge in [0.1, 0.15) is 0 Å². The molecule has 0 heterocycles. The molecule has 1 aromatic rings. The van der Waals surface area contributed by atoms with E-state index in [1.807, 2.05) is 24.3 Å². The number of aliphatic hydroxyl groups excluding tert-OH is 1. The van der Waals surface area contributed by atoms with Crippen molar-refractivity contribution >= 4 is 5.91 Å². The molecular weight excluding hydrogens is 372 g/mol. The molecule has 0 aliphatic rings. The lowest BCUT2D eigenvalue weighted by Gasteiger charge is -2.11. The molecule has 0 aliphatic heterocycles. The maximum Gasteiger partial charge on any atom is 0.222 e. The zero-order valence-electron chi connectivity index (χ0n) is 19.3. The zero-order chi connectivity index (χ0) is 21.9. The first-order valence-corrected chi connectivity index (χ1v) is 12.4. The Hall–Kier alpha value is -1.39. The summed E-state index contributed by atoms with van der Waals surface area (Å²) >= 11 is 0. The quantitative estimate of drug-likeness (QED) is 0.241. The van der Waals surface area contributed by atoms with Crippen LogP contribution in [0.5, 0.6) is 0 Å². The molecule has 0 fully saturated rings. The van der Waals surface area contributed by atoms with Gasteiger partial charge < -0.3 is 16.2 Å². The van der Waals surface area contributed by atoms with Crippen molar-refractivity contribution in [3.63, 3.8) is 0 Å². The van der Waals surface area contributed by atoms with E-state index < -0.39 is 6.10 Å². The second-order valence-corrected chi connectivity index (χ2v) is 8.69. The van der Waals surface area contributed by atoms with Crippen LogP contribution in [-0.2, 0) is 17.9 Å². The number of hydrogen-bond donors (Lipinski definition) is 3. The first-order valence-electron chi connectivity index (χ1n) is 12.4. The normalized spacial score (nSPS) is 12.1. The van der Waals surface area contributed by atoms with Crippen molar-refractivity contribution < 1.29 is 9.90 Å². The molecule has 1 atom stereocenters. The minimum atomic E-state index is -0.530. The third kappa shape index (κ3) is 14.6. The molecular formula is C26H46N2O2. The summed E-state index contributed by atoms with van der Waals surface area (Å²) in [7, 11) is 0. The van der Waals surface area contributed by atoms with Gasteiger partial charge in [0.05, 0.1) is 12.5 Å². The molecule has 0 spiro atoms. The molecule has 0 bridgehead atoms. The lowest BCUT2D eigenvalue weighted by atomic mass is 10.0. The second-order valence-electron chi connectivity index (χ2n) is 8.69. The Kier molecular flexibility index (Phi) is 16.3. The van der Waals surface area contributed by atoms with Crippen molar-refractivity contribution in [2.24, 2.45) is 5.73 Å². The number of rotatable bonds is 19. The standard InChI is InChI=1S/C26H46N2O2/c1-2-3-4-5-6-7-8-9-10-11-12-13-14-15-25(29)20-26(30)28-22-24-18-16-23(21-27)17-19-24/h16-19,25,29H,2-15,20-22,27H2,1H3,(H,28,30). The van der Waals surface area contributed by atoms with E-state index in [0.717, 1.165) is 30.4 Å². The fourth-order valence-electron chi connectivity index (χ4n) is 3.78. The monoisotopic (exact) mass is 418 g/mol. The molecule has 4 N–H and O–H groups in total. The van der Waals surface area contributed by atoms with E-state index in [-0.39, 0.29) is 12.3 Å². The van der Waals surface area contributed by atoms with Crippen molar-refractivity contribution in [1.29, 1.82) is 0 Å². The minimum Gasteiger partial charge on any atom is -0.393 e. The molecule has 4 nitrogen and oxygen atoms in total. The lowest BCUT2D eigenvalue weighted by Crippen LogP contribution is -2.27. The Morgan fingerprint density at radius 3 is 1.80 bits per heavy atom. The summed E-state index contributed by atoms with van der Waals surface area (Å²) in [5.41, 5.74) is 7.72. The highest BCUT2D eigenvalue weighted by molar-refractivity contribution is 5.76. The summed E-state index contributed by atoms with van der Waals surface area (Å²) in [6, 6.07) is 7.91. The fraction of sp³-hybridized carbons (Fsp3) is 0.731. The van der Waals surface area contributed by atoms with E-state index >= 15 is 0 Å². The van der Waals surface area contributed by atoms with Gasteiger partial charge in [-0.05, 0) is 17.5 Å². The van der Waals surface area contributed by atoms with Crippen LogP contribution in [0.4, 0.5) is 0 Å². The summed E-state index contributed by atoms with van der Waals surface area (Å²) < 4.78 is 0. The number of carbonyl (C=O) groups is 1. The topological polar surface area (TPSA) is 75.3 Å². The summed E-state index contributed by atoms with van der Waals surface area (Å²) in [5.74, 6) is -0.0832. The molecule has 0 aliphatic carbocycles. The van der Waals surface area contributed by atoms with Crippen molar-refractivity contribution in [2.45, 2.75) is 122 Å². The van der Waals surface area contributed by atoms with Crippen molar-refractivity contribution in [3.8, 4) is 0 Å². The zero-order valence-corrected chi connectivity index (χ0v) is 19.3. The number of unbranched alkanes of at least 4 members (excludes halogenated alkanes) is 12. The molecule has 30 heavy (non-hydrogen) atoms. The van der Waals surface area contributed by atoms with Crippen molar-refractivity contribution in [1.82, 2.24) is 5.32 Å². The minimum absolute atomic E-state index is 0.0832. The number of amides is 1. The van der Waals surface area contributed by atoms with E-state index in [2.05, 4.69) is 12.2 Å². The summed E-state index contributed by atoms with van der Waals surface area (Å²) in [4.78, 5) is 12.0. The van der Waals surface area contributed by atoms with Crippen molar-refractivity contribution in [3.05, 3.63) is 35.4 Å². The molecule has 1 rings (SSSR count). The molecule has 0 saturated heterocycles. The largest absolute Gasteiger partial charge is 0.393 e. The molecule has 4 heteroatoms. The number of carbonyl (C=O) groups excluding carboxylic acids is 1. The second kappa shape index (κ2) is 18.4. The van der Waals surface area contributed by atoms with Crippen LogP contribution in [0.25, 0.3) is 0 Å². The smallest absolute Gasteiger partial charge is 0.222 e. The number of benzene rings is 1. The summed E-state index contributed by atoms with van der Waals surface area (Å²) in [6.45, 7) is 3.29. The van der Waals surface area contributed by atoms with Gasteiger partial charge in [-0.15, -0.1) is 0 Å². The van der Waals surface area contributed by atoms with Crippen molar-refractivity contribution in [2.75, 3.05) is 0 Å². The molecule has 0 saturated carbocycles. The van der Waals surface area contributed by atoms with Crippen LogP contribution >= 0.6 is 0 Å². The number of nitrogens with two attached hydrogens (primary N) is 1. The average molecular weight is 419 g/mol. The Labute approximate surface area is 185 Å². The predicted octanol–water partition coefficient (Wildman–Crippen LogP) is 5.99. The van der Waals surface area contributed by atoms with Gasteiger partial charge in [-0.1, -0.05) is 115 Å². The van der Waals surface area contributed by atoms with E-state index in [9.17, 15) is 9.90 Å². The Bertz CT molecular complexity index is 530. The number of aliphatic hydroxyl groups is 1. The molecule has 1 unspecified atom stereocenters. The van der Waals surface area contributed by atoms with Gasteiger partial charge in [-0.3, -0.25) is 4.79 Å². The number of nitrogens with one attached hydrogen (secondary N) is 1. The van der Waals surface area contributed by atoms with Gasteiger partial charge in [0.25, 0.3) is 0 Å². The first-order chi connectivity index (χ1) is 14.7. The molecule has 0 aromatic heterocycles. The molecule has 0 radical (unpaired) electrons. The lowest BCUT2D eigenvalue weighted by molar-refractivity contribution is -0.123. The van der Waals surface area contributed by atoms with Gasteiger partial charge in [-0.25, -0.2) is 0 Å². The Balaban J connectivity index is 1.91. The van der Waals surface area contributed by atoms with Gasteiger partial charge >= 0.3 is 0 Å². The van der Waals surface area contributed by atoms with Crippen LogP contribution in [0.15, 0.2) is 24.3 Å². The van der Waals surface area contributed by atoms with Crippen LogP contribution in [0.2, 0.25) is 0 Å². The summed E-state index contributed by atoms with van der Waals surface area (Å²) in [6.07, 6.45) is 17.5. The maximum atomic E-state index is 12.0. The molecule has 172 valence electrons. The van der Waals surface area contributed by atoms with Crippen LogP contribution in [0.1, 0.15) is 114 Å². The highest BCUT2D eigenvalue weighted by Crippen LogP contribution is 2.14. The van der Waals surface area contributed by atoms with E-state index in [1.165, 1.54) is 70.6 Å². The molecule has 1 aromatic carbocycles. The SMILES string of the molecule is CCCCCCCCCCCCCCCC(O)CC(=O)NCc1ccc(CN)cc1. The fourth-order valence-corrected chi connectivity index (χ4v) is 3.78. The van der Waals surface area contributed by atoms with Crippen LogP contribution < -0.4 is 11.1 Å². The Morgan fingerprint density at radius 2 is 1.30 bits per heavy atom. The van der Waals surface area contributed by atoms with Gasteiger partial charge in [0.15, 0.2) is 0 Å². The van der Waals surface area contributed by atoms with Crippen LogP contribution in [0.3, 0.4) is 0 Å². The average Bonchev–Trinajstić information content (AvgIpc) is 2.76. The highest BCUT2D eigenvalue weighted by atomic mass is 16.3. The number of hydrogen-bond acceptors (Lipinski definition) is 3. The van der Waals surface area contributed by atoms with Gasteiger partial charge in [0.2, 0.25) is 5.91 Å². The van der Waals surface area contributed by atoms with Gasteiger partial charge in [-0.2, -0.15) is 0 Å².